The topological polar surface area (TPSA) is 37.8 Å². The molecule has 2 heterocycles. The van der Waals surface area contributed by atoms with Crippen LogP contribution in [0.5, 0.6) is 0 Å². The number of hydrogen-bond donors (Lipinski definition) is 1. The molecule has 0 saturated heterocycles. The van der Waals surface area contributed by atoms with Crippen LogP contribution in [0.1, 0.15) is 22.5 Å². The zero-order valence-corrected chi connectivity index (χ0v) is 10.8. The minimum Gasteiger partial charge on any atom is -0.312 e. The van der Waals surface area contributed by atoms with Gasteiger partial charge in [0.2, 0.25) is 0 Å². The highest BCUT2D eigenvalue weighted by Crippen LogP contribution is 2.23. The Hall–Kier alpha value is -1.74. The van der Waals surface area contributed by atoms with Crippen molar-refractivity contribution in [2.45, 2.75) is 26.8 Å². The largest absolute Gasteiger partial charge is 0.312 e. The standard InChI is InChI=1S/C15H17N3/c1-10-5-3-4-6-12(10)15-17-11(2)13-9-16-8-7-14(13)18-15/h3-6,16H,7-9H2,1-2H3. The van der Waals surface area contributed by atoms with Gasteiger partial charge in [-0.15, -0.1) is 0 Å². The van der Waals surface area contributed by atoms with Gasteiger partial charge in [0.15, 0.2) is 5.82 Å². The highest BCUT2D eigenvalue weighted by atomic mass is 14.9. The number of fused-ring (bicyclic) bond motifs is 1. The van der Waals surface area contributed by atoms with Crippen LogP contribution in [0.15, 0.2) is 24.3 Å². The molecule has 0 fully saturated rings. The summed E-state index contributed by atoms with van der Waals surface area (Å²) in [7, 11) is 0. The normalized spacial score (nSPS) is 14.3. The zero-order valence-electron chi connectivity index (χ0n) is 10.8. The van der Waals surface area contributed by atoms with Crippen molar-refractivity contribution in [2.24, 2.45) is 0 Å². The lowest BCUT2D eigenvalue weighted by Gasteiger charge is -2.19. The predicted octanol–water partition coefficient (Wildman–Crippen LogP) is 2.41. The maximum atomic E-state index is 4.75. The van der Waals surface area contributed by atoms with E-state index in [1.165, 1.54) is 16.8 Å². The van der Waals surface area contributed by atoms with Crippen LogP contribution in [0.3, 0.4) is 0 Å². The highest BCUT2D eigenvalue weighted by Gasteiger charge is 2.16. The summed E-state index contributed by atoms with van der Waals surface area (Å²) in [5, 5.41) is 3.37. The van der Waals surface area contributed by atoms with Crippen molar-refractivity contribution in [2.75, 3.05) is 6.54 Å². The van der Waals surface area contributed by atoms with Gasteiger partial charge in [0.1, 0.15) is 0 Å². The average molecular weight is 239 g/mol. The Balaban J connectivity index is 2.14. The lowest BCUT2D eigenvalue weighted by Crippen LogP contribution is -2.26. The van der Waals surface area contributed by atoms with Crippen molar-refractivity contribution >= 4 is 0 Å². The summed E-state index contributed by atoms with van der Waals surface area (Å²) in [5.74, 6) is 0.867. The molecule has 1 aromatic heterocycles. The number of aryl methyl sites for hydroxylation is 2. The van der Waals surface area contributed by atoms with Gasteiger partial charge in [-0.2, -0.15) is 0 Å². The van der Waals surface area contributed by atoms with Gasteiger partial charge in [0.05, 0.1) is 5.69 Å². The van der Waals surface area contributed by atoms with Gasteiger partial charge in [-0.1, -0.05) is 24.3 Å². The van der Waals surface area contributed by atoms with Gasteiger partial charge in [0.25, 0.3) is 0 Å². The molecular formula is C15H17N3. The molecule has 3 heteroatoms. The van der Waals surface area contributed by atoms with Crippen molar-refractivity contribution in [1.29, 1.82) is 0 Å². The SMILES string of the molecule is Cc1ccccc1-c1nc(C)c2c(n1)CCNC2. The number of nitrogens with zero attached hydrogens (tertiary/aromatic N) is 2. The summed E-state index contributed by atoms with van der Waals surface area (Å²) in [6.07, 6.45) is 0.998. The fraction of sp³-hybridized carbons (Fsp3) is 0.333. The lowest BCUT2D eigenvalue weighted by molar-refractivity contribution is 0.622. The van der Waals surface area contributed by atoms with E-state index in [2.05, 4.69) is 36.3 Å². The van der Waals surface area contributed by atoms with E-state index in [1.807, 2.05) is 12.1 Å². The van der Waals surface area contributed by atoms with E-state index < -0.39 is 0 Å². The maximum Gasteiger partial charge on any atom is 0.159 e. The second-order valence-corrected chi connectivity index (χ2v) is 4.80. The van der Waals surface area contributed by atoms with Crippen LogP contribution >= 0.6 is 0 Å². The molecular weight excluding hydrogens is 222 g/mol. The van der Waals surface area contributed by atoms with Crippen LogP contribution in [-0.2, 0) is 13.0 Å². The fourth-order valence-electron chi connectivity index (χ4n) is 2.46. The molecule has 2 aromatic rings. The van der Waals surface area contributed by atoms with E-state index in [0.717, 1.165) is 36.6 Å². The summed E-state index contributed by atoms with van der Waals surface area (Å²) in [4.78, 5) is 9.42. The van der Waals surface area contributed by atoms with Crippen LogP contribution in [0.25, 0.3) is 11.4 Å². The van der Waals surface area contributed by atoms with Crippen LogP contribution in [-0.4, -0.2) is 16.5 Å². The van der Waals surface area contributed by atoms with Gasteiger partial charge < -0.3 is 5.32 Å². The number of hydrogen-bond acceptors (Lipinski definition) is 3. The first-order chi connectivity index (χ1) is 8.75. The molecule has 0 saturated carbocycles. The number of rotatable bonds is 1. The molecule has 1 aromatic carbocycles. The Morgan fingerprint density at radius 2 is 1.94 bits per heavy atom. The van der Waals surface area contributed by atoms with Crippen molar-refractivity contribution in [3.63, 3.8) is 0 Å². The lowest BCUT2D eigenvalue weighted by atomic mass is 10.0. The summed E-state index contributed by atoms with van der Waals surface area (Å²) in [5.41, 5.74) is 5.95. The van der Waals surface area contributed by atoms with E-state index in [4.69, 9.17) is 4.98 Å². The van der Waals surface area contributed by atoms with Gasteiger partial charge in [-0.3, -0.25) is 0 Å². The van der Waals surface area contributed by atoms with Crippen LogP contribution < -0.4 is 5.32 Å². The van der Waals surface area contributed by atoms with E-state index in [1.54, 1.807) is 0 Å². The molecule has 0 aliphatic carbocycles. The molecule has 0 atom stereocenters. The predicted molar refractivity (Wildman–Crippen MR) is 72.4 cm³/mol. The number of nitrogens with one attached hydrogen (secondary N) is 1. The Morgan fingerprint density at radius 1 is 1.11 bits per heavy atom. The van der Waals surface area contributed by atoms with Crippen LogP contribution in [0, 0.1) is 13.8 Å². The molecule has 92 valence electrons. The summed E-state index contributed by atoms with van der Waals surface area (Å²) in [6.45, 7) is 6.09. The molecule has 0 radical (unpaired) electrons. The summed E-state index contributed by atoms with van der Waals surface area (Å²) in [6, 6.07) is 8.29. The molecule has 0 amide bonds. The smallest absolute Gasteiger partial charge is 0.159 e. The number of benzene rings is 1. The molecule has 3 nitrogen and oxygen atoms in total. The van der Waals surface area contributed by atoms with Crippen molar-refractivity contribution in [3.8, 4) is 11.4 Å². The first-order valence-corrected chi connectivity index (χ1v) is 6.39. The Labute approximate surface area is 107 Å². The minimum atomic E-state index is 0.867. The molecule has 3 rings (SSSR count). The Morgan fingerprint density at radius 3 is 2.78 bits per heavy atom. The monoisotopic (exact) mass is 239 g/mol. The average Bonchev–Trinajstić information content (AvgIpc) is 2.39. The Bertz CT molecular complexity index is 590. The second kappa shape index (κ2) is 4.50. The van der Waals surface area contributed by atoms with E-state index in [9.17, 15) is 0 Å². The third-order valence-corrected chi connectivity index (χ3v) is 3.53. The third kappa shape index (κ3) is 1.91. The molecule has 0 bridgehead atoms. The van der Waals surface area contributed by atoms with Gasteiger partial charge in [0, 0.05) is 36.3 Å². The van der Waals surface area contributed by atoms with Crippen molar-refractivity contribution < 1.29 is 0 Å². The second-order valence-electron chi connectivity index (χ2n) is 4.80. The van der Waals surface area contributed by atoms with Crippen LogP contribution in [0.2, 0.25) is 0 Å². The zero-order chi connectivity index (χ0) is 12.5. The van der Waals surface area contributed by atoms with E-state index >= 15 is 0 Å². The third-order valence-electron chi connectivity index (χ3n) is 3.53. The van der Waals surface area contributed by atoms with Gasteiger partial charge >= 0.3 is 0 Å². The number of aromatic nitrogens is 2. The van der Waals surface area contributed by atoms with Crippen molar-refractivity contribution in [3.05, 3.63) is 46.8 Å². The first kappa shape index (κ1) is 11.4. The molecule has 1 N–H and O–H groups in total. The molecule has 1 aliphatic heterocycles. The highest BCUT2D eigenvalue weighted by molar-refractivity contribution is 5.60. The van der Waals surface area contributed by atoms with Gasteiger partial charge in [-0.25, -0.2) is 9.97 Å². The minimum absolute atomic E-state index is 0.867. The Kier molecular flexibility index (Phi) is 2.84. The summed E-state index contributed by atoms with van der Waals surface area (Å²) >= 11 is 0. The van der Waals surface area contributed by atoms with E-state index in [-0.39, 0.29) is 0 Å². The molecule has 18 heavy (non-hydrogen) atoms. The fourth-order valence-corrected chi connectivity index (χ4v) is 2.46. The molecule has 0 spiro atoms. The molecule has 1 aliphatic rings. The van der Waals surface area contributed by atoms with E-state index in [0.29, 0.717) is 0 Å². The maximum absolute atomic E-state index is 4.75. The summed E-state index contributed by atoms with van der Waals surface area (Å²) < 4.78 is 0. The first-order valence-electron chi connectivity index (χ1n) is 6.39. The van der Waals surface area contributed by atoms with Crippen molar-refractivity contribution in [1.82, 2.24) is 15.3 Å². The van der Waals surface area contributed by atoms with Crippen LogP contribution in [0.4, 0.5) is 0 Å². The molecule has 0 unspecified atom stereocenters. The quantitative estimate of drug-likeness (QED) is 0.830. The van der Waals surface area contributed by atoms with Gasteiger partial charge in [-0.05, 0) is 19.4 Å².